The zero-order valence-electron chi connectivity index (χ0n) is 16.5. The van der Waals surface area contributed by atoms with Crippen LogP contribution in [0.4, 0.5) is 14.9 Å². The number of hydrogen-bond donors (Lipinski definition) is 1. The lowest BCUT2D eigenvalue weighted by atomic mass is 10.1. The molecule has 6 heteroatoms. The Morgan fingerprint density at radius 3 is 2.57 bits per heavy atom. The van der Waals surface area contributed by atoms with E-state index in [4.69, 9.17) is 0 Å². The van der Waals surface area contributed by atoms with Crippen molar-refractivity contribution in [1.82, 2.24) is 10.2 Å². The van der Waals surface area contributed by atoms with Crippen molar-refractivity contribution in [1.29, 1.82) is 0 Å². The van der Waals surface area contributed by atoms with Crippen LogP contribution in [0.5, 0.6) is 0 Å². The first-order valence-corrected chi connectivity index (χ1v) is 9.47. The van der Waals surface area contributed by atoms with Gasteiger partial charge in [0.15, 0.2) is 0 Å². The Balaban J connectivity index is 1.78. The summed E-state index contributed by atoms with van der Waals surface area (Å²) >= 11 is 0. The molecule has 0 unspecified atom stereocenters. The van der Waals surface area contributed by atoms with Crippen LogP contribution >= 0.6 is 0 Å². The normalized spacial score (nSPS) is 14.9. The molecule has 0 radical (unpaired) electrons. The van der Waals surface area contributed by atoms with Crippen molar-refractivity contribution in [2.24, 2.45) is 0 Å². The highest BCUT2D eigenvalue weighted by atomic mass is 19.1. The molecule has 0 bridgehead atoms. The molecule has 1 saturated heterocycles. The summed E-state index contributed by atoms with van der Waals surface area (Å²) < 4.78 is 14.0. The molecule has 28 heavy (non-hydrogen) atoms. The molecule has 0 aliphatic carbocycles. The first-order chi connectivity index (χ1) is 13.2. The summed E-state index contributed by atoms with van der Waals surface area (Å²) in [6, 6.07) is 13.4. The van der Waals surface area contributed by atoms with E-state index >= 15 is 0 Å². The second-order valence-electron chi connectivity index (χ2n) is 8.06. The van der Waals surface area contributed by atoms with Crippen LogP contribution in [0.1, 0.15) is 43.1 Å². The Morgan fingerprint density at radius 1 is 1.11 bits per heavy atom. The number of benzene rings is 2. The van der Waals surface area contributed by atoms with Gasteiger partial charge in [-0.2, -0.15) is 0 Å². The zero-order chi connectivity index (χ0) is 20.3. The van der Waals surface area contributed by atoms with Crippen LogP contribution in [0, 0.1) is 5.82 Å². The number of urea groups is 1. The lowest BCUT2D eigenvalue weighted by molar-refractivity contribution is 0.0919. The van der Waals surface area contributed by atoms with Crippen LogP contribution in [0.15, 0.2) is 48.5 Å². The van der Waals surface area contributed by atoms with Crippen LogP contribution in [0.25, 0.3) is 0 Å². The zero-order valence-corrected chi connectivity index (χ0v) is 16.5. The van der Waals surface area contributed by atoms with Gasteiger partial charge in [0.25, 0.3) is 5.91 Å². The molecule has 5 nitrogen and oxygen atoms in total. The van der Waals surface area contributed by atoms with E-state index < -0.39 is 0 Å². The van der Waals surface area contributed by atoms with Crippen molar-refractivity contribution in [3.05, 3.63) is 65.5 Å². The lowest BCUT2D eigenvalue weighted by Crippen LogP contribution is -2.49. The number of nitrogens with one attached hydrogen (secondary N) is 1. The molecule has 3 rings (SSSR count). The molecule has 0 spiro atoms. The van der Waals surface area contributed by atoms with Gasteiger partial charge >= 0.3 is 6.03 Å². The van der Waals surface area contributed by atoms with Gasteiger partial charge in [-0.25, -0.2) is 9.18 Å². The fourth-order valence-electron chi connectivity index (χ4n) is 3.23. The monoisotopic (exact) mass is 383 g/mol. The number of carbonyl (C=O) groups is 2. The summed E-state index contributed by atoms with van der Waals surface area (Å²) in [5, 5.41) is 2.93. The number of amides is 3. The van der Waals surface area contributed by atoms with Gasteiger partial charge in [0.2, 0.25) is 0 Å². The average Bonchev–Trinajstić information content (AvgIpc) is 2.64. The largest absolute Gasteiger partial charge is 0.347 e. The molecule has 2 aromatic rings. The maximum Gasteiger partial charge on any atom is 0.324 e. The van der Waals surface area contributed by atoms with Gasteiger partial charge in [-0.05, 0) is 51.5 Å². The second kappa shape index (κ2) is 8.00. The molecule has 1 N–H and O–H groups in total. The van der Waals surface area contributed by atoms with Crippen LogP contribution in [0.2, 0.25) is 0 Å². The molecular formula is C22H26FN3O2. The third-order valence-corrected chi connectivity index (χ3v) is 4.54. The molecule has 1 fully saturated rings. The van der Waals surface area contributed by atoms with E-state index in [0.29, 0.717) is 29.9 Å². The lowest BCUT2D eigenvalue weighted by Gasteiger charge is -2.36. The van der Waals surface area contributed by atoms with Crippen molar-refractivity contribution >= 4 is 17.6 Å². The highest BCUT2D eigenvalue weighted by Gasteiger charge is 2.28. The van der Waals surface area contributed by atoms with E-state index in [1.54, 1.807) is 46.2 Å². The minimum absolute atomic E-state index is 0.178. The van der Waals surface area contributed by atoms with Gasteiger partial charge in [0.1, 0.15) is 5.82 Å². The molecule has 1 heterocycles. The van der Waals surface area contributed by atoms with Gasteiger partial charge in [-0.1, -0.05) is 24.3 Å². The molecule has 0 saturated carbocycles. The van der Waals surface area contributed by atoms with Crippen molar-refractivity contribution in [3.63, 3.8) is 0 Å². The number of halogens is 1. The molecule has 0 aromatic heterocycles. The maximum atomic E-state index is 14.0. The van der Waals surface area contributed by atoms with E-state index in [0.717, 1.165) is 6.42 Å². The van der Waals surface area contributed by atoms with Crippen molar-refractivity contribution in [2.45, 2.75) is 39.3 Å². The Hall–Kier alpha value is -2.89. The number of rotatable bonds is 4. The van der Waals surface area contributed by atoms with Crippen LogP contribution in [0.3, 0.4) is 0 Å². The average molecular weight is 383 g/mol. The van der Waals surface area contributed by atoms with E-state index in [9.17, 15) is 14.0 Å². The Kier molecular flexibility index (Phi) is 5.68. The molecular weight excluding hydrogens is 357 g/mol. The maximum absolute atomic E-state index is 14.0. The van der Waals surface area contributed by atoms with E-state index in [-0.39, 0.29) is 29.8 Å². The van der Waals surface area contributed by atoms with Gasteiger partial charge in [-0.15, -0.1) is 0 Å². The number of carbonyl (C=O) groups excluding carboxylic acids is 2. The molecule has 2 aromatic carbocycles. The minimum Gasteiger partial charge on any atom is -0.347 e. The predicted octanol–water partition coefficient (Wildman–Crippen LogP) is 4.19. The Bertz CT molecular complexity index is 876. The molecule has 1 aliphatic heterocycles. The quantitative estimate of drug-likeness (QED) is 0.861. The van der Waals surface area contributed by atoms with Crippen molar-refractivity contribution in [2.75, 3.05) is 18.0 Å². The summed E-state index contributed by atoms with van der Waals surface area (Å²) in [6.07, 6.45) is 0.776. The highest BCUT2D eigenvalue weighted by molar-refractivity contribution is 5.98. The Labute approximate surface area is 165 Å². The van der Waals surface area contributed by atoms with E-state index in [1.165, 1.54) is 6.07 Å². The summed E-state index contributed by atoms with van der Waals surface area (Å²) in [4.78, 5) is 28.7. The van der Waals surface area contributed by atoms with Gasteiger partial charge < -0.3 is 10.2 Å². The topological polar surface area (TPSA) is 52.7 Å². The Morgan fingerprint density at radius 2 is 1.86 bits per heavy atom. The summed E-state index contributed by atoms with van der Waals surface area (Å²) in [7, 11) is 0. The van der Waals surface area contributed by atoms with Crippen LogP contribution in [-0.2, 0) is 6.54 Å². The summed E-state index contributed by atoms with van der Waals surface area (Å²) in [6.45, 7) is 7.13. The second-order valence-corrected chi connectivity index (χ2v) is 8.06. The van der Waals surface area contributed by atoms with E-state index in [2.05, 4.69) is 5.32 Å². The van der Waals surface area contributed by atoms with Crippen molar-refractivity contribution in [3.8, 4) is 0 Å². The van der Waals surface area contributed by atoms with Gasteiger partial charge in [0.05, 0.1) is 6.54 Å². The third-order valence-electron chi connectivity index (χ3n) is 4.54. The number of anilines is 1. The SMILES string of the molecule is CC(C)(C)NC(=O)c1cccc(N2CCCN(Cc3ccccc3F)C2=O)c1. The first kappa shape index (κ1) is 19.9. The number of hydrogen-bond acceptors (Lipinski definition) is 2. The fourth-order valence-corrected chi connectivity index (χ4v) is 3.23. The fraction of sp³-hybridized carbons (Fsp3) is 0.364. The summed E-state index contributed by atoms with van der Waals surface area (Å²) in [5.74, 6) is -0.490. The molecule has 1 aliphatic rings. The standard InChI is InChI=1S/C22H26FN3O2/c1-22(2,3)24-20(27)16-9-6-10-18(14-16)26-13-7-12-25(21(26)28)15-17-8-4-5-11-19(17)23/h4-6,8-11,14H,7,12-13,15H2,1-3H3,(H,24,27). The van der Waals surface area contributed by atoms with Crippen molar-refractivity contribution < 1.29 is 14.0 Å². The number of nitrogens with zero attached hydrogens (tertiary/aromatic N) is 2. The minimum atomic E-state index is -0.343. The third kappa shape index (κ3) is 4.68. The summed E-state index contributed by atoms with van der Waals surface area (Å²) in [5.41, 5.74) is 1.33. The molecule has 0 atom stereocenters. The smallest absolute Gasteiger partial charge is 0.324 e. The first-order valence-electron chi connectivity index (χ1n) is 9.47. The van der Waals surface area contributed by atoms with E-state index in [1.807, 2.05) is 26.8 Å². The molecule has 3 amide bonds. The highest BCUT2D eigenvalue weighted by Crippen LogP contribution is 2.23. The van der Waals surface area contributed by atoms with Crippen LogP contribution in [-0.4, -0.2) is 35.5 Å². The van der Waals surface area contributed by atoms with Crippen LogP contribution < -0.4 is 10.2 Å². The predicted molar refractivity (Wildman–Crippen MR) is 108 cm³/mol. The van der Waals surface area contributed by atoms with Gasteiger partial charge in [0, 0.05) is 35.4 Å². The molecule has 148 valence electrons. The van der Waals surface area contributed by atoms with Gasteiger partial charge in [-0.3, -0.25) is 9.69 Å².